The molecule has 0 unspecified atom stereocenters. The number of hydrogen-bond donors (Lipinski definition) is 1. The fourth-order valence-corrected chi connectivity index (χ4v) is 6.83. The lowest BCUT2D eigenvalue weighted by atomic mass is 10.1. The highest BCUT2D eigenvalue weighted by Crippen LogP contribution is 2.38. The molecule has 0 radical (unpaired) electrons. The first-order chi connectivity index (χ1) is 25.9. The molecule has 12 nitrogen and oxygen atoms in total. The van der Waals surface area contributed by atoms with Crippen LogP contribution in [-0.2, 0) is 26.2 Å². The van der Waals surface area contributed by atoms with Gasteiger partial charge in [0.2, 0.25) is 0 Å². The van der Waals surface area contributed by atoms with Gasteiger partial charge in [0, 0.05) is 0 Å². The van der Waals surface area contributed by atoms with E-state index in [0.29, 0.717) is 39.5 Å². The van der Waals surface area contributed by atoms with Gasteiger partial charge in [-0.3, -0.25) is 27.9 Å². The largest absolute Gasteiger partial charge is 0.497 e. The second kappa shape index (κ2) is 15.0. The summed E-state index contributed by atoms with van der Waals surface area (Å²) in [6, 6.07) is 20.1. The number of fused-ring (bicyclic) bond motifs is 1. The molecule has 55 heavy (non-hydrogen) atoms. The average molecular weight is 794 g/mol. The molecule has 1 N–H and O–H groups in total. The summed E-state index contributed by atoms with van der Waals surface area (Å²) in [6.45, 7) is 7.05. The van der Waals surface area contributed by atoms with Crippen LogP contribution in [0, 0.1) is 5.82 Å². The first-order valence-corrected chi connectivity index (χ1v) is 17.9. The van der Waals surface area contributed by atoms with Crippen LogP contribution in [0.4, 0.5) is 4.39 Å². The lowest BCUT2D eigenvalue weighted by Gasteiger charge is -2.34. The number of benzene rings is 4. The smallest absolute Gasteiger partial charge is 0.332 e. The molecule has 1 aliphatic rings. The molecule has 0 bridgehead atoms. The van der Waals surface area contributed by atoms with E-state index in [0.717, 1.165) is 20.4 Å². The first kappa shape index (κ1) is 39.3. The SMILES string of the molecule is COc1ccc(Cn2c(=O)c3ccc(Cl)c(F)c3n(CC(C)(C)O)c2=O)cc1.COc1ccc(Cn2c(=O)c3ccc(Cl)c4c3n(c2=O)CC(C)(C)O4)cc1. The molecule has 0 atom stereocenters. The zero-order valence-corrected chi connectivity index (χ0v) is 32.5. The highest BCUT2D eigenvalue weighted by molar-refractivity contribution is 6.33. The number of aromatic nitrogens is 4. The summed E-state index contributed by atoms with van der Waals surface area (Å²) < 4.78 is 35.8. The van der Waals surface area contributed by atoms with Gasteiger partial charge in [-0.15, -0.1) is 0 Å². The van der Waals surface area contributed by atoms with Crippen LogP contribution in [0.2, 0.25) is 10.0 Å². The number of nitrogens with zero attached hydrogens (tertiary/aromatic N) is 4. The van der Waals surface area contributed by atoms with Gasteiger partial charge in [0.05, 0.1) is 72.3 Å². The topological polar surface area (TPSA) is 136 Å². The summed E-state index contributed by atoms with van der Waals surface area (Å²) in [4.78, 5) is 52.1. The van der Waals surface area contributed by atoms with Crippen molar-refractivity contribution in [1.82, 2.24) is 18.3 Å². The molecule has 2 aromatic heterocycles. The van der Waals surface area contributed by atoms with Gasteiger partial charge < -0.3 is 19.3 Å². The van der Waals surface area contributed by atoms with E-state index in [-0.39, 0.29) is 46.8 Å². The van der Waals surface area contributed by atoms with Crippen molar-refractivity contribution >= 4 is 45.0 Å². The van der Waals surface area contributed by atoms with Crippen LogP contribution >= 0.6 is 23.2 Å². The van der Waals surface area contributed by atoms with Gasteiger partial charge in [-0.05, 0) is 87.4 Å². The van der Waals surface area contributed by atoms with Crippen molar-refractivity contribution in [3.05, 3.63) is 141 Å². The minimum atomic E-state index is -1.31. The first-order valence-electron chi connectivity index (χ1n) is 17.2. The number of aliphatic hydroxyl groups is 1. The number of ether oxygens (including phenoxy) is 3. The molecule has 3 heterocycles. The minimum Gasteiger partial charge on any atom is -0.497 e. The van der Waals surface area contributed by atoms with E-state index in [9.17, 15) is 28.7 Å². The van der Waals surface area contributed by atoms with Gasteiger partial charge in [0.15, 0.2) is 11.6 Å². The van der Waals surface area contributed by atoms with Gasteiger partial charge in [0.1, 0.15) is 22.6 Å². The second-order valence-corrected chi connectivity index (χ2v) is 15.2. The van der Waals surface area contributed by atoms with E-state index < -0.39 is 28.3 Å². The van der Waals surface area contributed by atoms with Crippen LogP contribution < -0.4 is 36.7 Å². The summed E-state index contributed by atoms with van der Waals surface area (Å²) >= 11 is 12.1. The number of methoxy groups -OCH3 is 2. The standard InChI is InChI=1S/C20H20ClFN2O4.C20H19ClN2O4/c1-20(2,27)11-24-17-14(8-9-15(21)16(17)22)18(25)23(19(24)26)10-12-4-6-13(28-3)7-5-12;1-20(2)11-23-16-14(8-9-15(21)17(16)27-20)18(24)22(19(23)25)10-12-4-6-13(26-3)7-5-12/h4-9,27H,10-11H2,1-3H3;4-9H,10-11H2,1-3H3. The summed E-state index contributed by atoms with van der Waals surface area (Å²) in [5.41, 5.74) is -2.23. The second-order valence-electron chi connectivity index (χ2n) is 14.4. The Kier molecular flexibility index (Phi) is 10.8. The zero-order valence-electron chi connectivity index (χ0n) is 31.0. The van der Waals surface area contributed by atoms with Crippen molar-refractivity contribution in [3.63, 3.8) is 0 Å². The fraction of sp³-hybridized carbons (Fsp3) is 0.300. The molecule has 0 aliphatic carbocycles. The van der Waals surface area contributed by atoms with Crippen molar-refractivity contribution in [2.45, 2.75) is 65.1 Å². The Hall–Kier alpha value is -5.37. The Morgan fingerprint density at radius 3 is 1.69 bits per heavy atom. The molecule has 0 saturated heterocycles. The monoisotopic (exact) mass is 792 g/mol. The quantitative estimate of drug-likeness (QED) is 0.204. The van der Waals surface area contributed by atoms with E-state index in [1.54, 1.807) is 60.2 Å². The average Bonchev–Trinajstić information content (AvgIpc) is 3.14. The van der Waals surface area contributed by atoms with Crippen LogP contribution in [0.3, 0.4) is 0 Å². The van der Waals surface area contributed by atoms with Crippen LogP contribution in [0.5, 0.6) is 17.2 Å². The van der Waals surface area contributed by atoms with Crippen molar-refractivity contribution in [1.29, 1.82) is 0 Å². The Labute approximate surface area is 324 Å². The molecular formula is C40H39Cl2FN4O8. The zero-order chi connectivity index (χ0) is 40.0. The molecule has 0 fully saturated rings. The molecule has 0 amide bonds. The van der Waals surface area contributed by atoms with Gasteiger partial charge in [-0.25, -0.2) is 14.0 Å². The lowest BCUT2D eigenvalue weighted by Crippen LogP contribution is -2.47. The molecule has 6 aromatic rings. The molecule has 288 valence electrons. The molecule has 0 spiro atoms. The highest BCUT2D eigenvalue weighted by atomic mass is 35.5. The van der Waals surface area contributed by atoms with E-state index in [4.69, 9.17) is 37.4 Å². The van der Waals surface area contributed by atoms with Gasteiger partial charge in [-0.2, -0.15) is 0 Å². The molecule has 15 heteroatoms. The third-order valence-corrected chi connectivity index (χ3v) is 9.62. The number of halogens is 3. The van der Waals surface area contributed by atoms with Gasteiger partial charge >= 0.3 is 11.4 Å². The Bertz CT molecular complexity index is 2680. The molecular weight excluding hydrogens is 754 g/mol. The summed E-state index contributed by atoms with van der Waals surface area (Å²) in [5, 5.41) is 10.8. The maximum Gasteiger partial charge on any atom is 0.332 e. The van der Waals surface area contributed by atoms with Crippen molar-refractivity contribution < 1.29 is 23.7 Å². The third kappa shape index (κ3) is 7.91. The summed E-state index contributed by atoms with van der Waals surface area (Å²) in [6.07, 6.45) is 0. The van der Waals surface area contributed by atoms with Crippen molar-refractivity contribution in [2.24, 2.45) is 0 Å². The Morgan fingerprint density at radius 1 is 0.727 bits per heavy atom. The third-order valence-electron chi connectivity index (χ3n) is 9.03. The predicted molar refractivity (Wildman–Crippen MR) is 210 cm³/mol. The summed E-state index contributed by atoms with van der Waals surface area (Å²) in [7, 11) is 3.13. The van der Waals surface area contributed by atoms with Gasteiger partial charge in [-0.1, -0.05) is 47.5 Å². The Morgan fingerprint density at radius 2 is 1.20 bits per heavy atom. The minimum absolute atomic E-state index is 0.00625. The van der Waals surface area contributed by atoms with Crippen LogP contribution in [-0.4, -0.2) is 48.8 Å². The van der Waals surface area contributed by atoms with E-state index >= 15 is 0 Å². The molecule has 4 aromatic carbocycles. The van der Waals surface area contributed by atoms with E-state index in [1.807, 2.05) is 26.0 Å². The van der Waals surface area contributed by atoms with Crippen LogP contribution in [0.15, 0.2) is 92.0 Å². The number of rotatable bonds is 8. The number of hydrogen-bond acceptors (Lipinski definition) is 8. The highest BCUT2D eigenvalue weighted by Gasteiger charge is 2.32. The van der Waals surface area contributed by atoms with Crippen LogP contribution in [0.1, 0.15) is 38.8 Å². The lowest BCUT2D eigenvalue weighted by molar-refractivity contribution is 0.0608. The molecule has 0 saturated carbocycles. The van der Waals surface area contributed by atoms with Crippen molar-refractivity contribution in [3.8, 4) is 17.2 Å². The summed E-state index contributed by atoms with van der Waals surface area (Å²) in [5.74, 6) is 0.880. The maximum atomic E-state index is 14.7. The predicted octanol–water partition coefficient (Wildman–Crippen LogP) is 5.83. The van der Waals surface area contributed by atoms with Crippen molar-refractivity contribution in [2.75, 3.05) is 14.2 Å². The van der Waals surface area contributed by atoms with Gasteiger partial charge in [0.25, 0.3) is 11.1 Å². The maximum absolute atomic E-state index is 14.7. The van der Waals surface area contributed by atoms with E-state index in [2.05, 4.69) is 0 Å². The van der Waals surface area contributed by atoms with E-state index in [1.165, 1.54) is 37.7 Å². The molecule has 7 rings (SSSR count). The Balaban J connectivity index is 0.000000187. The van der Waals surface area contributed by atoms with Crippen LogP contribution in [0.25, 0.3) is 21.8 Å². The molecule has 1 aliphatic heterocycles. The fourth-order valence-electron chi connectivity index (χ4n) is 6.48. The normalized spacial score (nSPS) is 13.3.